The highest BCUT2D eigenvalue weighted by molar-refractivity contribution is 5.94. The Hall–Kier alpha value is -2.26. The van der Waals surface area contributed by atoms with Crippen molar-refractivity contribution in [2.45, 2.75) is 33.1 Å². The highest BCUT2D eigenvalue weighted by Crippen LogP contribution is 2.79. The molecule has 2 fully saturated rings. The van der Waals surface area contributed by atoms with E-state index >= 15 is 0 Å². The molecule has 2 aliphatic carbocycles. The fourth-order valence-corrected chi connectivity index (χ4v) is 5.68. The molecule has 1 aromatic carbocycles. The number of carbonyl (C=O) groups is 2. The van der Waals surface area contributed by atoms with Gasteiger partial charge in [-0.2, -0.15) is 5.26 Å². The molecule has 1 aromatic rings. The van der Waals surface area contributed by atoms with Gasteiger partial charge < -0.3 is 10.8 Å². The standard InChI is InChI=1S/C20H23FN2O3/c1-3-19-14(17(19)18(25)26)8-13(20(19,10-23)16(24)9-22)7-12-4-5-15(21)11(2)6-12/h4-6,13-14,17H,3,7-9,22H2,1-2H3,(H,25,26). The number of Topliss-reactive ketones (excluding diaryl/α,β-unsaturated/α-hetero) is 1. The maximum absolute atomic E-state index is 13.5. The molecule has 3 N–H and O–H groups in total. The van der Waals surface area contributed by atoms with E-state index in [0.29, 0.717) is 24.8 Å². The number of rotatable bonds is 6. The molecular formula is C20H23FN2O3. The van der Waals surface area contributed by atoms with Crippen molar-refractivity contribution in [3.63, 3.8) is 0 Å². The zero-order chi connectivity index (χ0) is 19.3. The summed E-state index contributed by atoms with van der Waals surface area (Å²) in [6, 6.07) is 6.99. The number of hydrogen-bond donors (Lipinski definition) is 2. The number of benzene rings is 1. The molecule has 5 nitrogen and oxygen atoms in total. The Morgan fingerprint density at radius 3 is 2.65 bits per heavy atom. The van der Waals surface area contributed by atoms with Crippen molar-refractivity contribution >= 4 is 11.8 Å². The van der Waals surface area contributed by atoms with Crippen molar-refractivity contribution in [1.29, 1.82) is 5.26 Å². The first-order valence-corrected chi connectivity index (χ1v) is 8.92. The lowest BCUT2D eigenvalue weighted by atomic mass is 9.61. The van der Waals surface area contributed by atoms with Gasteiger partial charge in [-0.15, -0.1) is 0 Å². The molecule has 0 aliphatic heterocycles. The highest BCUT2D eigenvalue weighted by Gasteiger charge is 2.83. The van der Waals surface area contributed by atoms with Gasteiger partial charge in [0.2, 0.25) is 0 Å². The second kappa shape index (κ2) is 6.17. The third-order valence-electron chi connectivity index (χ3n) is 6.75. The van der Waals surface area contributed by atoms with Crippen LogP contribution in [-0.4, -0.2) is 23.4 Å². The number of hydrogen-bond acceptors (Lipinski definition) is 4. The van der Waals surface area contributed by atoms with E-state index in [-0.39, 0.29) is 30.0 Å². The molecule has 0 radical (unpaired) electrons. The second-order valence-corrected chi connectivity index (χ2v) is 7.58. The van der Waals surface area contributed by atoms with Gasteiger partial charge in [-0.25, -0.2) is 4.39 Å². The van der Waals surface area contributed by atoms with Crippen molar-refractivity contribution in [2.24, 2.45) is 34.3 Å². The van der Waals surface area contributed by atoms with E-state index in [1.54, 1.807) is 19.1 Å². The summed E-state index contributed by atoms with van der Waals surface area (Å²) in [4.78, 5) is 24.6. The van der Waals surface area contributed by atoms with E-state index in [1.807, 2.05) is 6.92 Å². The molecule has 0 aromatic heterocycles. The van der Waals surface area contributed by atoms with Crippen LogP contribution in [0.5, 0.6) is 0 Å². The summed E-state index contributed by atoms with van der Waals surface area (Å²) >= 11 is 0. The molecule has 2 saturated carbocycles. The number of nitriles is 1. The fourth-order valence-electron chi connectivity index (χ4n) is 5.68. The van der Waals surface area contributed by atoms with Gasteiger partial charge in [0.05, 0.1) is 18.5 Å². The number of nitrogens with two attached hydrogens (primary N) is 1. The lowest BCUT2D eigenvalue weighted by molar-refractivity contribution is -0.142. The summed E-state index contributed by atoms with van der Waals surface area (Å²) in [5.41, 5.74) is 4.74. The second-order valence-electron chi connectivity index (χ2n) is 7.58. The number of carboxylic acid groups (broad SMARTS) is 1. The first-order valence-electron chi connectivity index (χ1n) is 8.92. The quantitative estimate of drug-likeness (QED) is 0.813. The molecule has 5 unspecified atom stereocenters. The predicted octanol–water partition coefficient (Wildman–Crippen LogP) is 2.46. The number of ketones is 1. The number of carbonyl (C=O) groups excluding carboxylic acids is 1. The molecular weight excluding hydrogens is 335 g/mol. The summed E-state index contributed by atoms with van der Waals surface area (Å²) in [6.45, 7) is 3.23. The van der Waals surface area contributed by atoms with Gasteiger partial charge in [0, 0.05) is 5.41 Å². The molecule has 138 valence electrons. The molecule has 0 saturated heterocycles. The zero-order valence-electron chi connectivity index (χ0n) is 15.0. The normalized spacial score (nSPS) is 34.8. The monoisotopic (exact) mass is 358 g/mol. The van der Waals surface area contributed by atoms with Crippen LogP contribution in [0.2, 0.25) is 0 Å². The SMILES string of the molecule is CCC12C(CC(Cc3ccc(F)c(C)c3)C1(C#N)C(=O)CN)C2C(=O)O. The summed E-state index contributed by atoms with van der Waals surface area (Å²) < 4.78 is 13.5. The molecule has 6 heteroatoms. The van der Waals surface area contributed by atoms with E-state index < -0.39 is 22.7 Å². The first-order chi connectivity index (χ1) is 12.3. The third kappa shape index (κ3) is 2.16. The number of halogens is 1. The number of nitrogens with zero attached hydrogens (tertiary/aromatic N) is 1. The minimum Gasteiger partial charge on any atom is -0.481 e. The Morgan fingerprint density at radius 1 is 1.46 bits per heavy atom. The van der Waals surface area contributed by atoms with Gasteiger partial charge in [0.25, 0.3) is 0 Å². The van der Waals surface area contributed by atoms with Crippen LogP contribution >= 0.6 is 0 Å². The van der Waals surface area contributed by atoms with Crippen LogP contribution in [0, 0.1) is 52.7 Å². The number of fused-ring (bicyclic) bond motifs is 1. The topological polar surface area (TPSA) is 104 Å². The van der Waals surface area contributed by atoms with Crippen molar-refractivity contribution < 1.29 is 19.1 Å². The Morgan fingerprint density at radius 2 is 2.15 bits per heavy atom. The predicted molar refractivity (Wildman–Crippen MR) is 92.4 cm³/mol. The van der Waals surface area contributed by atoms with Crippen LogP contribution in [0.25, 0.3) is 0 Å². The van der Waals surface area contributed by atoms with Crippen LogP contribution < -0.4 is 5.73 Å². The maximum Gasteiger partial charge on any atom is 0.307 e. The lowest BCUT2D eigenvalue weighted by Gasteiger charge is -2.37. The first kappa shape index (κ1) is 18.5. The van der Waals surface area contributed by atoms with Gasteiger partial charge >= 0.3 is 5.97 Å². The minimum absolute atomic E-state index is 0.188. The molecule has 3 rings (SSSR count). The number of aryl methyl sites for hydroxylation is 1. The van der Waals surface area contributed by atoms with Gasteiger partial charge in [0.15, 0.2) is 5.78 Å². The summed E-state index contributed by atoms with van der Waals surface area (Å²) in [5.74, 6) is -2.80. The largest absolute Gasteiger partial charge is 0.481 e. The summed E-state index contributed by atoms with van der Waals surface area (Å²) in [7, 11) is 0. The smallest absolute Gasteiger partial charge is 0.307 e. The van der Waals surface area contributed by atoms with E-state index in [2.05, 4.69) is 6.07 Å². The van der Waals surface area contributed by atoms with Gasteiger partial charge in [-0.3, -0.25) is 9.59 Å². The fraction of sp³-hybridized carbons (Fsp3) is 0.550. The Balaban J connectivity index is 2.04. The van der Waals surface area contributed by atoms with E-state index in [0.717, 1.165) is 5.56 Å². The number of aliphatic carboxylic acids is 1. The van der Waals surface area contributed by atoms with Gasteiger partial charge in [-0.05, 0) is 55.2 Å². The molecule has 0 bridgehead atoms. The zero-order valence-corrected chi connectivity index (χ0v) is 15.0. The molecule has 2 aliphatic rings. The third-order valence-corrected chi connectivity index (χ3v) is 6.75. The number of carboxylic acids is 1. The summed E-state index contributed by atoms with van der Waals surface area (Å²) in [6.07, 6.45) is 1.39. The van der Waals surface area contributed by atoms with Crippen LogP contribution in [-0.2, 0) is 16.0 Å². The molecule has 0 spiro atoms. The van der Waals surface area contributed by atoms with E-state index in [9.17, 15) is 24.3 Å². The van der Waals surface area contributed by atoms with Crippen molar-refractivity contribution in [3.8, 4) is 6.07 Å². The van der Waals surface area contributed by atoms with Gasteiger partial charge in [0.1, 0.15) is 11.2 Å². The van der Waals surface area contributed by atoms with Gasteiger partial charge in [-0.1, -0.05) is 19.1 Å². The van der Waals surface area contributed by atoms with Crippen LogP contribution in [0.4, 0.5) is 4.39 Å². The average molecular weight is 358 g/mol. The van der Waals surface area contributed by atoms with Crippen LogP contribution in [0.15, 0.2) is 18.2 Å². The molecule has 5 atom stereocenters. The van der Waals surface area contributed by atoms with E-state index in [4.69, 9.17) is 5.73 Å². The van der Waals surface area contributed by atoms with Crippen molar-refractivity contribution in [1.82, 2.24) is 0 Å². The van der Waals surface area contributed by atoms with Crippen LogP contribution in [0.1, 0.15) is 30.9 Å². The lowest BCUT2D eigenvalue weighted by Crippen LogP contribution is -2.48. The maximum atomic E-state index is 13.5. The Kier molecular flexibility index (Phi) is 4.40. The molecule has 0 heterocycles. The summed E-state index contributed by atoms with van der Waals surface area (Å²) in [5, 5.41) is 19.7. The van der Waals surface area contributed by atoms with Crippen molar-refractivity contribution in [2.75, 3.05) is 6.54 Å². The Labute approximate surface area is 152 Å². The van der Waals surface area contributed by atoms with Crippen LogP contribution in [0.3, 0.4) is 0 Å². The Bertz CT molecular complexity index is 818. The molecule has 26 heavy (non-hydrogen) atoms. The molecule has 0 amide bonds. The average Bonchev–Trinajstić information content (AvgIpc) is 3.19. The highest BCUT2D eigenvalue weighted by atomic mass is 19.1. The minimum atomic E-state index is -1.40. The van der Waals surface area contributed by atoms with E-state index in [1.165, 1.54) is 6.07 Å². The van der Waals surface area contributed by atoms with Crippen molar-refractivity contribution in [3.05, 3.63) is 35.1 Å².